The van der Waals surface area contributed by atoms with Crippen LogP contribution in [0.15, 0.2) is 30.9 Å². The van der Waals surface area contributed by atoms with Crippen LogP contribution < -0.4 is 0 Å². The summed E-state index contributed by atoms with van der Waals surface area (Å²) < 4.78 is 1.78. The predicted molar refractivity (Wildman–Crippen MR) is 67.1 cm³/mol. The number of hydrogen-bond donors (Lipinski definition) is 0. The fourth-order valence-electron chi connectivity index (χ4n) is 1.80. The molecule has 0 unspecified atom stereocenters. The lowest BCUT2D eigenvalue weighted by Gasteiger charge is -2.08. The summed E-state index contributed by atoms with van der Waals surface area (Å²) in [5, 5.41) is 4.12. The van der Waals surface area contributed by atoms with Crippen LogP contribution in [0.4, 0.5) is 0 Å². The Hall–Kier alpha value is -2.04. The van der Waals surface area contributed by atoms with Crippen molar-refractivity contribution in [1.29, 1.82) is 0 Å². The van der Waals surface area contributed by atoms with Gasteiger partial charge in [0, 0.05) is 24.9 Å². The number of rotatable bonds is 5. The van der Waals surface area contributed by atoms with Gasteiger partial charge in [-0.15, -0.1) is 0 Å². The van der Waals surface area contributed by atoms with E-state index in [4.69, 9.17) is 0 Å². The monoisotopic (exact) mass is 244 g/mol. The molecule has 0 atom stereocenters. The van der Waals surface area contributed by atoms with Crippen LogP contribution >= 0.6 is 0 Å². The number of carbonyl (C=O) groups is 1. The molecule has 2 rings (SSSR count). The van der Waals surface area contributed by atoms with E-state index >= 15 is 0 Å². The second kappa shape index (κ2) is 5.53. The quantitative estimate of drug-likeness (QED) is 0.801. The minimum atomic E-state index is 0.123. The molecular formula is C13H16N4O. The van der Waals surface area contributed by atoms with Crippen molar-refractivity contribution in [3.8, 4) is 0 Å². The summed E-state index contributed by atoms with van der Waals surface area (Å²) in [7, 11) is 0. The molecule has 0 N–H and O–H groups in total. The summed E-state index contributed by atoms with van der Waals surface area (Å²) in [4.78, 5) is 20.1. The van der Waals surface area contributed by atoms with Gasteiger partial charge in [-0.25, -0.2) is 9.67 Å². The molecule has 18 heavy (non-hydrogen) atoms. The van der Waals surface area contributed by atoms with Crippen molar-refractivity contribution in [3.05, 3.63) is 42.2 Å². The first-order chi connectivity index (χ1) is 8.66. The molecule has 0 saturated carbocycles. The Morgan fingerprint density at radius 3 is 2.89 bits per heavy atom. The van der Waals surface area contributed by atoms with Crippen LogP contribution in [0.25, 0.3) is 0 Å². The molecule has 2 aromatic heterocycles. The Bertz CT molecular complexity index is 519. The molecule has 94 valence electrons. The third-order valence-corrected chi connectivity index (χ3v) is 2.62. The summed E-state index contributed by atoms with van der Waals surface area (Å²) in [6.07, 6.45) is 5.60. The van der Waals surface area contributed by atoms with Gasteiger partial charge in [0.25, 0.3) is 0 Å². The highest BCUT2D eigenvalue weighted by Crippen LogP contribution is 2.07. The smallest absolute Gasteiger partial charge is 0.144 e. The van der Waals surface area contributed by atoms with E-state index in [1.807, 2.05) is 26.0 Å². The van der Waals surface area contributed by atoms with Gasteiger partial charge < -0.3 is 0 Å². The molecule has 0 aliphatic heterocycles. The first kappa shape index (κ1) is 12.4. The van der Waals surface area contributed by atoms with E-state index in [1.165, 1.54) is 6.33 Å². The zero-order chi connectivity index (χ0) is 13.0. The maximum absolute atomic E-state index is 11.9. The van der Waals surface area contributed by atoms with Crippen LogP contribution in [0.2, 0.25) is 0 Å². The molecule has 2 heterocycles. The molecule has 0 bridgehead atoms. The van der Waals surface area contributed by atoms with E-state index in [2.05, 4.69) is 15.1 Å². The largest absolute Gasteiger partial charge is 0.299 e. The highest BCUT2D eigenvalue weighted by molar-refractivity contribution is 5.82. The lowest BCUT2D eigenvalue weighted by molar-refractivity contribution is -0.117. The molecule has 5 nitrogen and oxygen atoms in total. The van der Waals surface area contributed by atoms with Crippen LogP contribution in [0.1, 0.15) is 31.3 Å². The van der Waals surface area contributed by atoms with Crippen molar-refractivity contribution in [2.75, 3.05) is 0 Å². The average molecular weight is 244 g/mol. The number of nitrogens with zero attached hydrogens (tertiary/aromatic N) is 4. The van der Waals surface area contributed by atoms with Crippen LogP contribution in [0, 0.1) is 0 Å². The second-order valence-electron chi connectivity index (χ2n) is 4.47. The van der Waals surface area contributed by atoms with Crippen LogP contribution in [-0.2, 0) is 17.6 Å². The summed E-state index contributed by atoms with van der Waals surface area (Å²) >= 11 is 0. The molecule has 2 aromatic rings. The minimum absolute atomic E-state index is 0.123. The van der Waals surface area contributed by atoms with Gasteiger partial charge in [0.05, 0.1) is 6.42 Å². The van der Waals surface area contributed by atoms with Gasteiger partial charge in [0.2, 0.25) is 0 Å². The van der Waals surface area contributed by atoms with Crippen LogP contribution in [0.3, 0.4) is 0 Å². The first-order valence-electron chi connectivity index (χ1n) is 5.96. The van der Waals surface area contributed by atoms with E-state index < -0.39 is 0 Å². The lowest BCUT2D eigenvalue weighted by atomic mass is 10.1. The third-order valence-electron chi connectivity index (χ3n) is 2.62. The van der Waals surface area contributed by atoms with E-state index in [-0.39, 0.29) is 11.8 Å². The number of Topliss-reactive ketones (excluding diaryl/α,β-unsaturated/α-hetero) is 1. The summed E-state index contributed by atoms with van der Waals surface area (Å²) in [5.74, 6) is 0.844. The average Bonchev–Trinajstić information content (AvgIpc) is 2.78. The first-order valence-corrected chi connectivity index (χ1v) is 5.96. The topological polar surface area (TPSA) is 60.7 Å². The normalized spacial score (nSPS) is 10.8. The predicted octanol–water partition coefficient (Wildman–Crippen LogP) is 1.61. The minimum Gasteiger partial charge on any atom is -0.299 e. The van der Waals surface area contributed by atoms with Crippen molar-refractivity contribution in [2.45, 2.75) is 32.7 Å². The number of carbonyl (C=O) groups excluding carboxylic acids is 1. The van der Waals surface area contributed by atoms with E-state index in [9.17, 15) is 4.79 Å². The molecule has 0 radical (unpaired) electrons. The van der Waals surface area contributed by atoms with E-state index in [1.54, 1.807) is 17.1 Å². The van der Waals surface area contributed by atoms with Crippen molar-refractivity contribution < 1.29 is 4.79 Å². The molecule has 0 aliphatic carbocycles. The van der Waals surface area contributed by atoms with Crippen molar-refractivity contribution >= 4 is 5.78 Å². The maximum atomic E-state index is 11.9. The Balaban J connectivity index is 2.01. The van der Waals surface area contributed by atoms with Gasteiger partial charge in [0.15, 0.2) is 0 Å². The zero-order valence-electron chi connectivity index (χ0n) is 10.6. The van der Waals surface area contributed by atoms with Crippen LogP contribution in [0.5, 0.6) is 0 Å². The summed E-state index contributed by atoms with van der Waals surface area (Å²) in [6, 6.07) is 3.95. The van der Waals surface area contributed by atoms with Crippen LogP contribution in [-0.4, -0.2) is 25.5 Å². The molecule has 0 amide bonds. The van der Waals surface area contributed by atoms with E-state index in [0.29, 0.717) is 12.8 Å². The van der Waals surface area contributed by atoms with Crippen molar-refractivity contribution in [2.24, 2.45) is 0 Å². The Morgan fingerprint density at radius 2 is 2.22 bits per heavy atom. The Morgan fingerprint density at radius 1 is 1.39 bits per heavy atom. The molecule has 0 aromatic carbocycles. The highest BCUT2D eigenvalue weighted by atomic mass is 16.1. The second-order valence-corrected chi connectivity index (χ2v) is 4.47. The standard InChI is InChI=1S/C13H16N4O/c1-10(2)17-13(15-9-16-17)7-12(18)6-11-4-3-5-14-8-11/h3-5,8-10H,6-7H2,1-2H3. The Labute approximate surface area is 106 Å². The van der Waals surface area contributed by atoms with Crippen molar-refractivity contribution in [3.63, 3.8) is 0 Å². The molecule has 0 fully saturated rings. The van der Waals surface area contributed by atoms with Gasteiger partial charge in [-0.2, -0.15) is 5.10 Å². The summed E-state index contributed by atoms with van der Waals surface area (Å²) in [6.45, 7) is 4.04. The van der Waals surface area contributed by atoms with Crippen molar-refractivity contribution in [1.82, 2.24) is 19.7 Å². The third kappa shape index (κ3) is 3.00. The maximum Gasteiger partial charge on any atom is 0.144 e. The SMILES string of the molecule is CC(C)n1ncnc1CC(=O)Cc1cccnc1. The number of hydrogen-bond acceptors (Lipinski definition) is 4. The number of ketones is 1. The molecular weight excluding hydrogens is 228 g/mol. The lowest BCUT2D eigenvalue weighted by Crippen LogP contribution is -2.14. The Kier molecular flexibility index (Phi) is 3.82. The molecule has 0 aliphatic rings. The van der Waals surface area contributed by atoms with Gasteiger partial charge in [-0.1, -0.05) is 6.07 Å². The van der Waals surface area contributed by atoms with Gasteiger partial charge in [-0.05, 0) is 25.5 Å². The van der Waals surface area contributed by atoms with Gasteiger partial charge in [-0.3, -0.25) is 9.78 Å². The highest BCUT2D eigenvalue weighted by Gasteiger charge is 2.12. The fourth-order valence-corrected chi connectivity index (χ4v) is 1.80. The summed E-state index contributed by atoms with van der Waals surface area (Å²) in [5.41, 5.74) is 0.929. The number of pyridine rings is 1. The molecule has 0 spiro atoms. The molecule has 5 heteroatoms. The fraction of sp³-hybridized carbons (Fsp3) is 0.385. The van der Waals surface area contributed by atoms with E-state index in [0.717, 1.165) is 11.4 Å². The molecule has 0 saturated heterocycles. The number of aromatic nitrogens is 4. The van der Waals surface area contributed by atoms with Gasteiger partial charge >= 0.3 is 0 Å². The van der Waals surface area contributed by atoms with Gasteiger partial charge in [0.1, 0.15) is 17.9 Å². The zero-order valence-corrected chi connectivity index (χ0v) is 10.6.